The number of hydrogen-bond acceptors (Lipinski definition) is 4. The maximum absolute atomic E-state index is 12.5. The standard InChI is InChI=1S/C21H19Cl2N3O2S/c1-13(27)25-19(14-5-3-2-4-6-14)11-20(28)26-21-24-12-17(29-21)10-15-9-16(22)7-8-18(15)23/h2-9,12,19H,10-11H2,1H3,(H,25,27)(H,24,26,28)/t19-/m1/s1. The van der Waals surface area contributed by atoms with Gasteiger partial charge in [0.2, 0.25) is 11.8 Å². The van der Waals surface area contributed by atoms with E-state index < -0.39 is 6.04 Å². The van der Waals surface area contributed by atoms with E-state index in [2.05, 4.69) is 15.6 Å². The molecule has 150 valence electrons. The van der Waals surface area contributed by atoms with E-state index in [-0.39, 0.29) is 18.2 Å². The zero-order chi connectivity index (χ0) is 20.8. The van der Waals surface area contributed by atoms with Gasteiger partial charge >= 0.3 is 0 Å². The van der Waals surface area contributed by atoms with Crippen LogP contribution in [0.1, 0.15) is 35.4 Å². The molecule has 1 aromatic heterocycles. The number of thiazole rings is 1. The summed E-state index contributed by atoms with van der Waals surface area (Å²) >= 11 is 13.6. The molecule has 3 rings (SSSR count). The lowest BCUT2D eigenvalue weighted by molar-refractivity contribution is -0.120. The first-order valence-electron chi connectivity index (χ1n) is 8.91. The van der Waals surface area contributed by atoms with E-state index in [0.29, 0.717) is 21.6 Å². The van der Waals surface area contributed by atoms with Gasteiger partial charge in [0, 0.05) is 34.5 Å². The van der Waals surface area contributed by atoms with Crippen LogP contribution < -0.4 is 10.6 Å². The predicted octanol–water partition coefficient (Wildman–Crippen LogP) is 5.25. The molecule has 2 amide bonds. The Kier molecular flexibility index (Phi) is 7.25. The summed E-state index contributed by atoms with van der Waals surface area (Å²) in [5.74, 6) is -0.420. The summed E-state index contributed by atoms with van der Waals surface area (Å²) in [6.45, 7) is 1.43. The van der Waals surface area contributed by atoms with E-state index in [9.17, 15) is 9.59 Å². The molecule has 2 aromatic carbocycles. The van der Waals surface area contributed by atoms with Gasteiger partial charge in [-0.2, -0.15) is 0 Å². The molecule has 1 heterocycles. The van der Waals surface area contributed by atoms with Crippen LogP contribution in [-0.4, -0.2) is 16.8 Å². The van der Waals surface area contributed by atoms with Crippen LogP contribution in [0.4, 0.5) is 5.13 Å². The number of halogens is 2. The SMILES string of the molecule is CC(=O)N[C@H](CC(=O)Nc1ncc(Cc2cc(Cl)ccc2Cl)s1)c1ccccc1. The van der Waals surface area contributed by atoms with Crippen LogP contribution in [-0.2, 0) is 16.0 Å². The third-order valence-corrected chi connectivity index (χ3v) is 5.66. The number of aromatic nitrogens is 1. The van der Waals surface area contributed by atoms with Gasteiger partial charge in [-0.1, -0.05) is 53.5 Å². The van der Waals surface area contributed by atoms with Gasteiger partial charge in [0.1, 0.15) is 0 Å². The fourth-order valence-corrected chi connectivity index (χ4v) is 4.08. The molecule has 0 fully saturated rings. The molecule has 29 heavy (non-hydrogen) atoms. The van der Waals surface area contributed by atoms with Crippen molar-refractivity contribution in [2.75, 3.05) is 5.32 Å². The van der Waals surface area contributed by atoms with Gasteiger partial charge in [-0.25, -0.2) is 4.98 Å². The lowest BCUT2D eigenvalue weighted by Gasteiger charge is -2.17. The van der Waals surface area contributed by atoms with E-state index in [1.54, 1.807) is 18.3 Å². The number of nitrogens with one attached hydrogen (secondary N) is 2. The minimum Gasteiger partial charge on any atom is -0.349 e. The number of amides is 2. The quantitative estimate of drug-likeness (QED) is 0.519. The van der Waals surface area contributed by atoms with Crippen molar-refractivity contribution >= 4 is 51.5 Å². The van der Waals surface area contributed by atoms with Crippen LogP contribution >= 0.6 is 34.5 Å². The van der Waals surface area contributed by atoms with Crippen molar-refractivity contribution in [3.05, 3.63) is 80.8 Å². The van der Waals surface area contributed by atoms with E-state index in [0.717, 1.165) is 16.0 Å². The molecule has 0 radical (unpaired) electrons. The Morgan fingerprint density at radius 1 is 1.14 bits per heavy atom. The maximum Gasteiger partial charge on any atom is 0.228 e. The molecule has 0 aliphatic rings. The Morgan fingerprint density at radius 2 is 1.90 bits per heavy atom. The maximum atomic E-state index is 12.5. The highest BCUT2D eigenvalue weighted by atomic mass is 35.5. The molecule has 1 atom stereocenters. The molecule has 5 nitrogen and oxygen atoms in total. The molecule has 0 saturated heterocycles. The summed E-state index contributed by atoms with van der Waals surface area (Å²) in [5.41, 5.74) is 1.77. The Hall–Kier alpha value is -2.41. The van der Waals surface area contributed by atoms with Crippen LogP contribution in [0.25, 0.3) is 0 Å². The fourth-order valence-electron chi connectivity index (χ4n) is 2.85. The summed E-state index contributed by atoms with van der Waals surface area (Å²) in [4.78, 5) is 29.3. The van der Waals surface area contributed by atoms with E-state index in [1.165, 1.54) is 18.3 Å². The lowest BCUT2D eigenvalue weighted by Crippen LogP contribution is -2.29. The third kappa shape index (κ3) is 6.29. The predicted molar refractivity (Wildman–Crippen MR) is 118 cm³/mol. The van der Waals surface area contributed by atoms with Crippen LogP contribution in [0.3, 0.4) is 0 Å². The summed E-state index contributed by atoms with van der Waals surface area (Å²) in [5, 5.41) is 7.37. The summed E-state index contributed by atoms with van der Waals surface area (Å²) in [6, 6.07) is 14.3. The Labute approximate surface area is 183 Å². The zero-order valence-corrected chi connectivity index (χ0v) is 17.9. The van der Waals surface area contributed by atoms with Crippen molar-refractivity contribution in [3.63, 3.8) is 0 Å². The average Bonchev–Trinajstić information content (AvgIpc) is 3.11. The molecule has 0 aliphatic heterocycles. The molecule has 0 unspecified atom stereocenters. The zero-order valence-electron chi connectivity index (χ0n) is 15.6. The number of carbonyl (C=O) groups is 2. The molecule has 3 aromatic rings. The minimum absolute atomic E-state index is 0.110. The molecule has 0 bridgehead atoms. The Bertz CT molecular complexity index is 1010. The van der Waals surface area contributed by atoms with E-state index >= 15 is 0 Å². The van der Waals surface area contributed by atoms with Gasteiger partial charge in [0.05, 0.1) is 12.5 Å². The molecule has 0 aliphatic carbocycles. The summed E-state index contributed by atoms with van der Waals surface area (Å²) in [7, 11) is 0. The van der Waals surface area contributed by atoms with Crippen LogP contribution in [0.5, 0.6) is 0 Å². The number of rotatable bonds is 7. The van der Waals surface area contributed by atoms with Crippen molar-refractivity contribution in [1.29, 1.82) is 0 Å². The molecule has 0 spiro atoms. The Balaban J connectivity index is 1.64. The van der Waals surface area contributed by atoms with Crippen LogP contribution in [0.2, 0.25) is 10.0 Å². The first-order chi connectivity index (χ1) is 13.9. The largest absolute Gasteiger partial charge is 0.349 e. The molecular weight excluding hydrogens is 429 g/mol. The second kappa shape index (κ2) is 9.87. The monoisotopic (exact) mass is 447 g/mol. The van der Waals surface area contributed by atoms with Gasteiger partial charge in [0.25, 0.3) is 0 Å². The summed E-state index contributed by atoms with van der Waals surface area (Å²) < 4.78 is 0. The van der Waals surface area contributed by atoms with Gasteiger partial charge in [-0.05, 0) is 29.3 Å². The summed E-state index contributed by atoms with van der Waals surface area (Å²) in [6.07, 6.45) is 2.39. The fraction of sp³-hybridized carbons (Fsp3) is 0.190. The molecular formula is C21H19Cl2N3O2S. The van der Waals surface area contributed by atoms with Crippen molar-refractivity contribution in [2.24, 2.45) is 0 Å². The molecule has 2 N–H and O–H groups in total. The van der Waals surface area contributed by atoms with Gasteiger partial charge in [-0.3, -0.25) is 9.59 Å². The minimum atomic E-state index is -0.404. The second-order valence-corrected chi connectivity index (χ2v) is 8.42. The van der Waals surface area contributed by atoms with Gasteiger partial charge in [0.15, 0.2) is 5.13 Å². The first-order valence-corrected chi connectivity index (χ1v) is 10.5. The topological polar surface area (TPSA) is 71.1 Å². The highest BCUT2D eigenvalue weighted by Crippen LogP contribution is 2.27. The van der Waals surface area contributed by atoms with E-state index in [1.807, 2.05) is 36.4 Å². The number of carbonyl (C=O) groups excluding carboxylic acids is 2. The van der Waals surface area contributed by atoms with Crippen LogP contribution in [0.15, 0.2) is 54.7 Å². The highest BCUT2D eigenvalue weighted by molar-refractivity contribution is 7.15. The second-order valence-electron chi connectivity index (χ2n) is 6.46. The normalized spacial score (nSPS) is 11.7. The highest BCUT2D eigenvalue weighted by Gasteiger charge is 2.18. The number of nitrogens with zero attached hydrogens (tertiary/aromatic N) is 1. The lowest BCUT2D eigenvalue weighted by atomic mass is 10.0. The van der Waals surface area contributed by atoms with Crippen molar-refractivity contribution in [2.45, 2.75) is 25.8 Å². The molecule has 8 heteroatoms. The average molecular weight is 448 g/mol. The van der Waals surface area contributed by atoms with Crippen LogP contribution in [0, 0.1) is 0 Å². The van der Waals surface area contributed by atoms with Crippen molar-refractivity contribution in [3.8, 4) is 0 Å². The smallest absolute Gasteiger partial charge is 0.228 e. The molecule has 0 saturated carbocycles. The third-order valence-electron chi connectivity index (χ3n) is 4.14. The van der Waals surface area contributed by atoms with Crippen molar-refractivity contribution in [1.82, 2.24) is 10.3 Å². The van der Waals surface area contributed by atoms with Crippen molar-refractivity contribution < 1.29 is 9.59 Å². The van der Waals surface area contributed by atoms with E-state index in [4.69, 9.17) is 23.2 Å². The first kappa shape index (κ1) is 21.3. The Morgan fingerprint density at radius 3 is 2.62 bits per heavy atom. The van der Waals surface area contributed by atoms with Gasteiger partial charge in [-0.15, -0.1) is 11.3 Å². The van der Waals surface area contributed by atoms with Gasteiger partial charge < -0.3 is 10.6 Å². The number of benzene rings is 2. The number of anilines is 1. The number of hydrogen-bond donors (Lipinski definition) is 2.